The molecule has 0 unspecified atom stereocenters. The highest BCUT2D eigenvalue weighted by molar-refractivity contribution is 6.01. The lowest BCUT2D eigenvalue weighted by atomic mass is 9.74. The Morgan fingerprint density at radius 1 is 0.644 bits per heavy atom. The first-order valence-electron chi connectivity index (χ1n) is 18.9. The molecule has 0 heterocycles. The highest BCUT2D eigenvalue weighted by atomic mass is 16.5. The number of ether oxygens (including phenoxy) is 2. The second-order valence-electron chi connectivity index (χ2n) is 13.7. The second kappa shape index (κ2) is 27.1. The zero-order valence-electron chi connectivity index (χ0n) is 30.2. The monoisotopic (exact) mass is 627 g/mol. The molecule has 0 radical (unpaired) electrons. The van der Waals surface area contributed by atoms with Gasteiger partial charge in [-0.15, -0.1) is 0 Å². The minimum Gasteiger partial charge on any atom is -0.462 e. The molecule has 0 aliphatic heterocycles. The molecule has 45 heavy (non-hydrogen) atoms. The second-order valence-corrected chi connectivity index (χ2v) is 13.7. The van der Waals surface area contributed by atoms with Gasteiger partial charge in [-0.05, 0) is 50.9 Å². The molecule has 1 rings (SSSR count). The zero-order chi connectivity index (χ0) is 33.0. The summed E-state index contributed by atoms with van der Waals surface area (Å²) < 4.78 is 11.5. The predicted molar refractivity (Wildman–Crippen MR) is 192 cm³/mol. The number of rotatable bonds is 28. The zero-order valence-corrected chi connectivity index (χ0v) is 30.2. The average Bonchev–Trinajstić information content (AvgIpc) is 3.04. The van der Waals surface area contributed by atoms with Crippen molar-refractivity contribution in [2.45, 2.75) is 182 Å². The largest absolute Gasteiger partial charge is 0.462 e. The summed E-state index contributed by atoms with van der Waals surface area (Å²) >= 11 is 0. The maximum absolute atomic E-state index is 13.4. The maximum atomic E-state index is 13.4. The van der Waals surface area contributed by atoms with Gasteiger partial charge in [0.15, 0.2) is 0 Å². The van der Waals surface area contributed by atoms with Crippen LogP contribution in [0.1, 0.15) is 182 Å². The predicted octanol–water partition coefficient (Wildman–Crippen LogP) is 12.5. The van der Waals surface area contributed by atoms with Crippen molar-refractivity contribution in [1.29, 1.82) is 0 Å². The quantitative estimate of drug-likeness (QED) is 0.0492. The Kier molecular flexibility index (Phi) is 24.6. The molecule has 0 aromatic heterocycles. The van der Waals surface area contributed by atoms with Crippen LogP contribution < -0.4 is 0 Å². The number of carbonyl (C=O) groups excluding carboxylic acids is 2. The summed E-state index contributed by atoms with van der Waals surface area (Å²) in [5.41, 5.74) is 2.09. The van der Waals surface area contributed by atoms with Crippen LogP contribution in [0.5, 0.6) is 0 Å². The van der Waals surface area contributed by atoms with E-state index in [9.17, 15) is 9.59 Å². The third-order valence-electron chi connectivity index (χ3n) is 9.14. The Bertz CT molecular complexity index is 904. The van der Waals surface area contributed by atoms with Gasteiger partial charge in [-0.3, -0.25) is 0 Å². The minimum absolute atomic E-state index is 0.105. The minimum atomic E-state index is -0.346. The van der Waals surface area contributed by atoms with Crippen molar-refractivity contribution in [1.82, 2.24) is 0 Å². The molecule has 0 spiro atoms. The topological polar surface area (TPSA) is 52.6 Å². The van der Waals surface area contributed by atoms with Gasteiger partial charge in [0.05, 0.1) is 24.4 Å². The highest BCUT2D eigenvalue weighted by Crippen LogP contribution is 2.40. The summed E-state index contributed by atoms with van der Waals surface area (Å²) in [4.78, 5) is 26.6. The van der Waals surface area contributed by atoms with E-state index in [2.05, 4.69) is 65.0 Å². The lowest BCUT2D eigenvalue weighted by Gasteiger charge is -2.31. The number of allylic oxidation sites excluding steroid dienone is 6. The molecule has 1 aliphatic rings. The fourth-order valence-corrected chi connectivity index (χ4v) is 5.95. The van der Waals surface area contributed by atoms with Crippen molar-refractivity contribution >= 4 is 11.9 Å². The lowest BCUT2D eigenvalue weighted by Crippen LogP contribution is -2.24. The van der Waals surface area contributed by atoms with Crippen LogP contribution in [0.25, 0.3) is 0 Å². The maximum Gasteiger partial charge on any atom is 0.334 e. The van der Waals surface area contributed by atoms with E-state index in [1.54, 1.807) is 0 Å². The molecule has 0 saturated carbocycles. The van der Waals surface area contributed by atoms with Gasteiger partial charge in [-0.25, -0.2) is 9.59 Å². The van der Waals surface area contributed by atoms with Gasteiger partial charge in [0.1, 0.15) is 0 Å². The van der Waals surface area contributed by atoms with E-state index >= 15 is 0 Å². The van der Waals surface area contributed by atoms with Crippen LogP contribution in [0.15, 0.2) is 47.1 Å². The molecule has 0 bridgehead atoms. The third kappa shape index (κ3) is 19.9. The average molecular weight is 627 g/mol. The van der Waals surface area contributed by atoms with Crippen LogP contribution in [0.4, 0.5) is 0 Å². The van der Waals surface area contributed by atoms with E-state index in [4.69, 9.17) is 9.47 Å². The summed E-state index contributed by atoms with van der Waals surface area (Å²) in [5, 5.41) is 0. The molecule has 0 N–H and O–H groups in total. The summed E-state index contributed by atoms with van der Waals surface area (Å²) in [5.74, 6) is -0.686. The van der Waals surface area contributed by atoms with Crippen LogP contribution in [0.3, 0.4) is 0 Å². The molecular weight excluding hydrogens is 556 g/mol. The molecule has 0 atom stereocenters. The summed E-state index contributed by atoms with van der Waals surface area (Å²) in [6.45, 7) is 11.8. The van der Waals surface area contributed by atoms with E-state index < -0.39 is 0 Å². The summed E-state index contributed by atoms with van der Waals surface area (Å²) in [7, 11) is 0. The SMILES string of the molecule is C/C=C/CC/C=C/CC(C)(C)C1=CCC(C(=O)OCCCCCCCCCCC)=C(C(=O)OCCCCCCCCCCC)C1. The number of hydrogen-bond acceptors (Lipinski definition) is 4. The fourth-order valence-electron chi connectivity index (χ4n) is 5.95. The van der Waals surface area contributed by atoms with Crippen molar-refractivity contribution in [3.63, 3.8) is 0 Å². The third-order valence-corrected chi connectivity index (χ3v) is 9.14. The van der Waals surface area contributed by atoms with E-state index in [-0.39, 0.29) is 17.4 Å². The molecule has 258 valence electrons. The first-order chi connectivity index (χ1) is 21.9. The molecule has 0 saturated heterocycles. The summed E-state index contributed by atoms with van der Waals surface area (Å²) in [6.07, 6.45) is 36.8. The van der Waals surface area contributed by atoms with Crippen LogP contribution in [-0.4, -0.2) is 25.2 Å². The van der Waals surface area contributed by atoms with Crippen LogP contribution in [0, 0.1) is 5.41 Å². The van der Waals surface area contributed by atoms with Crippen LogP contribution in [0.2, 0.25) is 0 Å². The van der Waals surface area contributed by atoms with E-state index in [1.807, 2.05) is 0 Å². The number of unbranched alkanes of at least 4 members (excludes halogenated alkanes) is 17. The van der Waals surface area contributed by atoms with Crippen molar-refractivity contribution in [2.24, 2.45) is 5.41 Å². The molecule has 4 nitrogen and oxygen atoms in total. The normalized spacial score (nSPS) is 14.0. The first kappa shape index (κ1) is 40.9. The van der Waals surface area contributed by atoms with Crippen molar-refractivity contribution in [3.8, 4) is 0 Å². The van der Waals surface area contributed by atoms with Crippen molar-refractivity contribution < 1.29 is 19.1 Å². The van der Waals surface area contributed by atoms with E-state index in [1.165, 1.54) is 95.5 Å². The van der Waals surface area contributed by atoms with Gasteiger partial charge in [-0.1, -0.05) is 166 Å². The van der Waals surface area contributed by atoms with E-state index in [0.717, 1.165) is 44.9 Å². The van der Waals surface area contributed by atoms with Gasteiger partial charge in [0.25, 0.3) is 0 Å². The number of hydrogen-bond donors (Lipinski definition) is 0. The number of esters is 2. The molecule has 1 aliphatic carbocycles. The Labute approximate surface area is 278 Å². The molecule has 0 fully saturated rings. The standard InChI is InChI=1S/C41H70O4/c1-6-9-12-15-18-20-22-25-28-33-44-39(42)37-31-30-36(41(4,5)32-27-24-17-14-11-8-3)35-38(37)40(43)45-34-29-26-23-21-19-16-13-10-7-2/h8,11,24,27,30H,6-7,9-10,12-23,25-26,28-29,31-35H2,1-5H3/b11-8+,27-24+. The first-order valence-corrected chi connectivity index (χ1v) is 18.9. The Morgan fingerprint density at radius 3 is 1.58 bits per heavy atom. The van der Waals surface area contributed by atoms with Gasteiger partial charge in [-0.2, -0.15) is 0 Å². The smallest absolute Gasteiger partial charge is 0.334 e. The summed E-state index contributed by atoms with van der Waals surface area (Å²) in [6, 6.07) is 0. The van der Waals surface area contributed by atoms with E-state index in [0.29, 0.717) is 37.2 Å². The van der Waals surface area contributed by atoms with Gasteiger partial charge < -0.3 is 9.47 Å². The van der Waals surface area contributed by atoms with Gasteiger partial charge in [0.2, 0.25) is 0 Å². The lowest BCUT2D eigenvalue weighted by molar-refractivity contribution is -0.142. The Morgan fingerprint density at radius 2 is 1.09 bits per heavy atom. The van der Waals surface area contributed by atoms with Crippen LogP contribution in [-0.2, 0) is 19.1 Å². The molecule has 0 amide bonds. The number of carbonyl (C=O) groups is 2. The Hall–Kier alpha value is -2.10. The molecule has 0 aromatic rings. The highest BCUT2D eigenvalue weighted by Gasteiger charge is 2.32. The molecule has 4 heteroatoms. The van der Waals surface area contributed by atoms with Gasteiger partial charge >= 0.3 is 11.9 Å². The fraction of sp³-hybridized carbons (Fsp3) is 0.756. The van der Waals surface area contributed by atoms with Crippen molar-refractivity contribution in [3.05, 3.63) is 47.1 Å². The Balaban J connectivity index is 2.67. The molecule has 0 aromatic carbocycles. The molecular formula is C41H70O4. The van der Waals surface area contributed by atoms with Crippen molar-refractivity contribution in [2.75, 3.05) is 13.2 Å². The van der Waals surface area contributed by atoms with Crippen LogP contribution >= 0.6 is 0 Å². The van der Waals surface area contributed by atoms with Gasteiger partial charge in [0, 0.05) is 6.42 Å².